The van der Waals surface area contributed by atoms with Crippen LogP contribution < -0.4 is 9.47 Å². The molecule has 1 aromatic rings. The number of hydrogen-bond acceptors (Lipinski definition) is 4. The van der Waals surface area contributed by atoms with Crippen LogP contribution in [-0.2, 0) is 9.59 Å². The van der Waals surface area contributed by atoms with Crippen molar-refractivity contribution >= 4 is 28.3 Å². The molecule has 0 spiro atoms. The Bertz CT molecular complexity index is 587. The standard InChI is InChI=1S/C14H14BrNO5/c15-10-5-8(6-11-13(10)21-4-3-20-11)12(14(18)19)16(7-17)9-1-2-9/h5-7,9,12H,1-4H2,(H,18,19). The van der Waals surface area contributed by atoms with Crippen LogP contribution in [0, 0.1) is 0 Å². The number of rotatable bonds is 5. The quantitative estimate of drug-likeness (QED) is 0.817. The maximum Gasteiger partial charge on any atom is 0.331 e. The summed E-state index contributed by atoms with van der Waals surface area (Å²) < 4.78 is 11.6. The minimum absolute atomic E-state index is 0.00979. The molecule has 1 saturated carbocycles. The third kappa shape index (κ3) is 2.70. The smallest absolute Gasteiger partial charge is 0.331 e. The minimum atomic E-state index is -1.06. The van der Waals surface area contributed by atoms with Gasteiger partial charge in [0.2, 0.25) is 6.41 Å². The lowest BCUT2D eigenvalue weighted by molar-refractivity contribution is -0.147. The predicted molar refractivity (Wildman–Crippen MR) is 76.4 cm³/mol. The molecule has 1 aromatic carbocycles. The van der Waals surface area contributed by atoms with Gasteiger partial charge in [0.1, 0.15) is 13.2 Å². The van der Waals surface area contributed by atoms with Gasteiger partial charge in [0, 0.05) is 6.04 Å². The Labute approximate surface area is 129 Å². The summed E-state index contributed by atoms with van der Waals surface area (Å²) in [5, 5.41) is 9.51. The third-order valence-electron chi connectivity index (χ3n) is 3.56. The summed E-state index contributed by atoms with van der Waals surface area (Å²) in [6, 6.07) is 2.31. The fourth-order valence-electron chi connectivity index (χ4n) is 2.46. The molecular weight excluding hydrogens is 342 g/mol. The fraction of sp³-hybridized carbons (Fsp3) is 0.429. The van der Waals surface area contributed by atoms with Crippen LogP contribution in [-0.4, -0.2) is 41.6 Å². The first kappa shape index (κ1) is 14.2. The molecule has 1 heterocycles. The van der Waals surface area contributed by atoms with E-state index in [1.54, 1.807) is 12.1 Å². The second-order valence-corrected chi connectivity index (χ2v) is 5.91. The van der Waals surface area contributed by atoms with Crippen molar-refractivity contribution in [2.24, 2.45) is 0 Å². The molecule has 1 N–H and O–H groups in total. The molecule has 7 heteroatoms. The van der Waals surface area contributed by atoms with Crippen LogP contribution in [0.15, 0.2) is 16.6 Å². The summed E-state index contributed by atoms with van der Waals surface area (Å²) in [5.41, 5.74) is 0.498. The van der Waals surface area contributed by atoms with Gasteiger partial charge in [-0.15, -0.1) is 0 Å². The number of ether oxygens (including phenoxy) is 2. The van der Waals surface area contributed by atoms with Gasteiger partial charge >= 0.3 is 5.97 Å². The molecule has 1 fully saturated rings. The predicted octanol–water partition coefficient (Wildman–Crippen LogP) is 1.97. The van der Waals surface area contributed by atoms with Crippen molar-refractivity contribution in [3.05, 3.63) is 22.2 Å². The molecule has 21 heavy (non-hydrogen) atoms. The Morgan fingerprint density at radius 3 is 2.71 bits per heavy atom. The summed E-state index contributed by atoms with van der Waals surface area (Å²) in [4.78, 5) is 24.3. The van der Waals surface area contributed by atoms with Crippen LogP contribution in [0.3, 0.4) is 0 Å². The first-order valence-electron chi connectivity index (χ1n) is 6.66. The summed E-state index contributed by atoms with van der Waals surface area (Å²) in [6.45, 7) is 0.872. The average molecular weight is 356 g/mol. The molecule has 1 aliphatic carbocycles. The number of carbonyl (C=O) groups excluding carboxylic acids is 1. The van der Waals surface area contributed by atoms with Gasteiger partial charge < -0.3 is 19.5 Å². The van der Waals surface area contributed by atoms with Crippen molar-refractivity contribution in [3.8, 4) is 11.5 Å². The van der Waals surface area contributed by atoms with Gasteiger partial charge in [-0.2, -0.15) is 0 Å². The van der Waals surface area contributed by atoms with Crippen molar-refractivity contribution in [1.82, 2.24) is 4.90 Å². The zero-order chi connectivity index (χ0) is 15.0. The number of halogens is 1. The zero-order valence-electron chi connectivity index (χ0n) is 11.1. The monoisotopic (exact) mass is 355 g/mol. The Balaban J connectivity index is 2.01. The highest BCUT2D eigenvalue weighted by Crippen LogP contribution is 2.42. The van der Waals surface area contributed by atoms with Crippen LogP contribution in [0.1, 0.15) is 24.4 Å². The molecule has 3 rings (SSSR count). The Morgan fingerprint density at radius 1 is 1.38 bits per heavy atom. The highest BCUT2D eigenvalue weighted by atomic mass is 79.9. The second kappa shape index (κ2) is 5.55. The zero-order valence-corrected chi connectivity index (χ0v) is 12.7. The van der Waals surface area contributed by atoms with Gasteiger partial charge in [0.15, 0.2) is 17.5 Å². The number of hydrogen-bond donors (Lipinski definition) is 1. The first-order valence-corrected chi connectivity index (χ1v) is 7.45. The Hall–Kier alpha value is -1.76. The topological polar surface area (TPSA) is 76.1 Å². The molecular formula is C14H14BrNO5. The van der Waals surface area contributed by atoms with E-state index in [9.17, 15) is 14.7 Å². The number of aliphatic carboxylic acids is 1. The van der Waals surface area contributed by atoms with Gasteiger partial charge in [-0.05, 0) is 46.5 Å². The Morgan fingerprint density at radius 2 is 2.10 bits per heavy atom. The van der Waals surface area contributed by atoms with E-state index >= 15 is 0 Å². The molecule has 1 amide bonds. The van der Waals surface area contributed by atoms with E-state index in [1.165, 1.54) is 4.90 Å². The van der Waals surface area contributed by atoms with E-state index in [4.69, 9.17) is 9.47 Å². The largest absolute Gasteiger partial charge is 0.486 e. The summed E-state index contributed by atoms with van der Waals surface area (Å²) in [7, 11) is 0. The van der Waals surface area contributed by atoms with Gasteiger partial charge in [-0.1, -0.05) is 0 Å². The maximum absolute atomic E-state index is 11.6. The molecule has 112 valence electrons. The molecule has 0 saturated heterocycles. The first-order chi connectivity index (χ1) is 10.1. The highest BCUT2D eigenvalue weighted by molar-refractivity contribution is 9.10. The average Bonchev–Trinajstić information content (AvgIpc) is 3.28. The second-order valence-electron chi connectivity index (χ2n) is 5.05. The van der Waals surface area contributed by atoms with Crippen molar-refractivity contribution in [3.63, 3.8) is 0 Å². The molecule has 2 aliphatic rings. The fourth-order valence-corrected chi connectivity index (χ4v) is 3.04. The number of nitrogens with zero attached hydrogens (tertiary/aromatic N) is 1. The summed E-state index contributed by atoms with van der Waals surface area (Å²) in [6.07, 6.45) is 2.30. The van der Waals surface area contributed by atoms with Crippen molar-refractivity contribution in [1.29, 1.82) is 0 Å². The van der Waals surface area contributed by atoms with E-state index in [0.29, 0.717) is 41.2 Å². The van der Waals surface area contributed by atoms with Crippen molar-refractivity contribution < 1.29 is 24.2 Å². The number of carbonyl (C=O) groups is 2. The van der Waals surface area contributed by atoms with Crippen LogP contribution >= 0.6 is 15.9 Å². The molecule has 1 atom stereocenters. The third-order valence-corrected chi connectivity index (χ3v) is 4.15. The maximum atomic E-state index is 11.6. The van der Waals surface area contributed by atoms with Crippen LogP contribution in [0.25, 0.3) is 0 Å². The molecule has 1 unspecified atom stereocenters. The molecule has 1 aliphatic heterocycles. The highest BCUT2D eigenvalue weighted by Gasteiger charge is 2.38. The number of carboxylic acids is 1. The van der Waals surface area contributed by atoms with Gasteiger partial charge in [-0.25, -0.2) is 4.79 Å². The lowest BCUT2D eigenvalue weighted by atomic mass is 10.0. The lowest BCUT2D eigenvalue weighted by Crippen LogP contribution is -2.35. The van der Waals surface area contributed by atoms with Crippen molar-refractivity contribution in [2.75, 3.05) is 13.2 Å². The number of amides is 1. The van der Waals surface area contributed by atoms with Crippen LogP contribution in [0.4, 0.5) is 0 Å². The van der Waals surface area contributed by atoms with Gasteiger partial charge in [0.25, 0.3) is 0 Å². The normalized spacial score (nSPS) is 18.0. The molecule has 6 nitrogen and oxygen atoms in total. The SMILES string of the molecule is O=CN(C1CC1)C(C(=O)O)c1cc(Br)c2c(c1)OCCO2. The van der Waals surface area contributed by atoms with Crippen LogP contribution in [0.2, 0.25) is 0 Å². The molecule has 0 bridgehead atoms. The van der Waals surface area contributed by atoms with Gasteiger partial charge in [0.05, 0.1) is 4.47 Å². The van der Waals surface area contributed by atoms with E-state index in [2.05, 4.69) is 15.9 Å². The Kier molecular flexibility index (Phi) is 3.75. The molecule has 0 radical (unpaired) electrons. The molecule has 0 aromatic heterocycles. The minimum Gasteiger partial charge on any atom is -0.486 e. The van der Waals surface area contributed by atoms with E-state index in [-0.39, 0.29) is 6.04 Å². The lowest BCUT2D eigenvalue weighted by Gasteiger charge is -2.27. The van der Waals surface area contributed by atoms with Gasteiger partial charge in [-0.3, -0.25) is 4.79 Å². The number of fused-ring (bicyclic) bond motifs is 1. The number of benzene rings is 1. The summed E-state index contributed by atoms with van der Waals surface area (Å²) in [5.74, 6) is 0.00862. The van der Waals surface area contributed by atoms with E-state index in [0.717, 1.165) is 12.8 Å². The summed E-state index contributed by atoms with van der Waals surface area (Å²) >= 11 is 3.37. The van der Waals surface area contributed by atoms with Crippen LogP contribution in [0.5, 0.6) is 11.5 Å². The van der Waals surface area contributed by atoms with E-state index in [1.807, 2.05) is 0 Å². The number of carboxylic acid groups (broad SMARTS) is 1. The van der Waals surface area contributed by atoms with E-state index < -0.39 is 12.0 Å². The van der Waals surface area contributed by atoms with Crippen molar-refractivity contribution in [2.45, 2.75) is 24.9 Å².